The number of ether oxygens (including phenoxy) is 1. The number of aromatic nitrogens is 3. The van der Waals surface area contributed by atoms with Crippen molar-refractivity contribution >= 4 is 5.91 Å². The van der Waals surface area contributed by atoms with Crippen LogP contribution >= 0.6 is 0 Å². The number of rotatable bonds is 7. The van der Waals surface area contributed by atoms with Crippen LogP contribution in [-0.4, -0.2) is 33.5 Å². The van der Waals surface area contributed by atoms with Crippen LogP contribution < -0.4 is 10.1 Å². The fraction of sp³-hybridized carbons (Fsp3) is 0.318. The van der Waals surface area contributed by atoms with Gasteiger partial charge >= 0.3 is 0 Å². The van der Waals surface area contributed by atoms with Crippen LogP contribution in [0.2, 0.25) is 0 Å². The molecule has 1 saturated carbocycles. The molecule has 1 fully saturated rings. The van der Waals surface area contributed by atoms with Crippen LogP contribution in [0.1, 0.15) is 47.4 Å². The van der Waals surface area contributed by atoms with Gasteiger partial charge < -0.3 is 10.1 Å². The zero-order chi connectivity index (χ0) is 20.4. The van der Waals surface area contributed by atoms with E-state index < -0.39 is 0 Å². The van der Waals surface area contributed by atoms with E-state index in [2.05, 4.69) is 15.6 Å². The van der Waals surface area contributed by atoms with Crippen molar-refractivity contribution in [3.63, 3.8) is 0 Å². The van der Waals surface area contributed by atoms with Crippen LogP contribution in [0.25, 0.3) is 5.69 Å². The zero-order valence-electron chi connectivity index (χ0n) is 16.4. The first-order chi connectivity index (χ1) is 14.0. The van der Waals surface area contributed by atoms with Crippen molar-refractivity contribution in [1.82, 2.24) is 20.3 Å². The molecule has 0 aliphatic heterocycles. The van der Waals surface area contributed by atoms with E-state index >= 15 is 0 Å². The summed E-state index contributed by atoms with van der Waals surface area (Å²) in [4.78, 5) is 12.8. The van der Waals surface area contributed by atoms with E-state index in [1.54, 1.807) is 16.8 Å². The van der Waals surface area contributed by atoms with Gasteiger partial charge in [-0.2, -0.15) is 0 Å². The SMILES string of the molecule is Cc1ccc(-n2nnc(C(=O)NC(C)COc3ccc(F)cc3)c2C2CC2)cc1. The van der Waals surface area contributed by atoms with Crippen LogP contribution in [0.5, 0.6) is 5.75 Å². The molecule has 29 heavy (non-hydrogen) atoms. The molecule has 150 valence electrons. The molecule has 0 bridgehead atoms. The lowest BCUT2D eigenvalue weighted by Crippen LogP contribution is -2.37. The second kappa shape index (κ2) is 8.03. The van der Waals surface area contributed by atoms with Gasteiger partial charge in [0.05, 0.1) is 17.4 Å². The molecule has 1 aliphatic rings. The number of hydrogen-bond acceptors (Lipinski definition) is 4. The van der Waals surface area contributed by atoms with Gasteiger partial charge in [0, 0.05) is 5.92 Å². The van der Waals surface area contributed by atoms with Crippen LogP contribution in [0.15, 0.2) is 48.5 Å². The van der Waals surface area contributed by atoms with Gasteiger partial charge in [-0.1, -0.05) is 22.9 Å². The number of carbonyl (C=O) groups excluding carboxylic acids is 1. The first-order valence-electron chi connectivity index (χ1n) is 9.73. The quantitative estimate of drug-likeness (QED) is 0.662. The number of halogens is 1. The number of nitrogens with one attached hydrogen (secondary N) is 1. The zero-order valence-corrected chi connectivity index (χ0v) is 16.4. The first-order valence-corrected chi connectivity index (χ1v) is 9.73. The molecule has 0 radical (unpaired) electrons. The number of aryl methyl sites for hydroxylation is 1. The summed E-state index contributed by atoms with van der Waals surface area (Å²) in [5.41, 5.74) is 3.28. The molecule has 6 nitrogen and oxygen atoms in total. The maximum atomic E-state index is 13.0. The Bertz CT molecular complexity index is 995. The summed E-state index contributed by atoms with van der Waals surface area (Å²) in [5.74, 6) is 0.276. The third-order valence-corrected chi connectivity index (χ3v) is 4.85. The number of carbonyl (C=O) groups is 1. The van der Waals surface area contributed by atoms with Crippen LogP contribution in [-0.2, 0) is 0 Å². The highest BCUT2D eigenvalue weighted by Crippen LogP contribution is 2.42. The second-order valence-electron chi connectivity index (χ2n) is 7.48. The topological polar surface area (TPSA) is 69.0 Å². The van der Waals surface area contributed by atoms with Crippen molar-refractivity contribution < 1.29 is 13.9 Å². The monoisotopic (exact) mass is 394 g/mol. The molecule has 7 heteroatoms. The Morgan fingerprint density at radius 3 is 2.55 bits per heavy atom. The maximum absolute atomic E-state index is 13.0. The predicted molar refractivity (Wildman–Crippen MR) is 107 cm³/mol. The maximum Gasteiger partial charge on any atom is 0.274 e. The predicted octanol–water partition coefficient (Wildman–Crippen LogP) is 3.79. The smallest absolute Gasteiger partial charge is 0.274 e. The molecule has 4 rings (SSSR count). The highest BCUT2D eigenvalue weighted by molar-refractivity contribution is 5.93. The third-order valence-electron chi connectivity index (χ3n) is 4.85. The van der Waals surface area contributed by atoms with Crippen LogP contribution in [0.4, 0.5) is 4.39 Å². The van der Waals surface area contributed by atoms with Crippen molar-refractivity contribution in [2.24, 2.45) is 0 Å². The fourth-order valence-corrected chi connectivity index (χ4v) is 3.14. The molecule has 1 aliphatic carbocycles. The largest absolute Gasteiger partial charge is 0.491 e. The minimum atomic E-state index is -0.317. The molecule has 1 N–H and O–H groups in total. The van der Waals surface area contributed by atoms with E-state index in [0.717, 1.165) is 29.8 Å². The minimum Gasteiger partial charge on any atom is -0.491 e. The third kappa shape index (κ3) is 4.45. The second-order valence-corrected chi connectivity index (χ2v) is 7.48. The molecular formula is C22H23FN4O2. The van der Waals surface area contributed by atoms with Gasteiger partial charge in [-0.05, 0) is 63.1 Å². The van der Waals surface area contributed by atoms with Gasteiger partial charge in [0.1, 0.15) is 18.2 Å². The number of benzene rings is 2. The van der Waals surface area contributed by atoms with E-state index in [9.17, 15) is 9.18 Å². The van der Waals surface area contributed by atoms with E-state index in [4.69, 9.17) is 4.74 Å². The van der Waals surface area contributed by atoms with Gasteiger partial charge in [-0.3, -0.25) is 4.79 Å². The average Bonchev–Trinajstić information content (AvgIpc) is 3.46. The van der Waals surface area contributed by atoms with Gasteiger partial charge in [0.15, 0.2) is 5.69 Å². The molecule has 1 atom stereocenters. The lowest BCUT2D eigenvalue weighted by Gasteiger charge is -2.15. The Labute approximate surface area is 168 Å². The number of hydrogen-bond donors (Lipinski definition) is 1. The molecule has 3 aromatic rings. The van der Waals surface area contributed by atoms with Crippen LogP contribution in [0.3, 0.4) is 0 Å². The minimum absolute atomic E-state index is 0.246. The Morgan fingerprint density at radius 1 is 1.21 bits per heavy atom. The fourth-order valence-electron chi connectivity index (χ4n) is 3.14. The summed E-state index contributed by atoms with van der Waals surface area (Å²) < 4.78 is 20.4. The molecule has 0 spiro atoms. The van der Waals surface area contributed by atoms with Crippen molar-refractivity contribution in [2.45, 2.75) is 38.6 Å². The molecule has 1 amide bonds. The number of nitrogens with zero attached hydrogens (tertiary/aromatic N) is 3. The van der Waals surface area contributed by atoms with E-state index in [0.29, 0.717) is 17.4 Å². The molecule has 1 unspecified atom stereocenters. The highest BCUT2D eigenvalue weighted by atomic mass is 19.1. The summed E-state index contributed by atoms with van der Waals surface area (Å²) >= 11 is 0. The molecule has 2 aromatic carbocycles. The highest BCUT2D eigenvalue weighted by Gasteiger charge is 2.34. The Morgan fingerprint density at radius 2 is 1.90 bits per heavy atom. The standard InChI is InChI=1S/C22H23FN4O2/c1-14-3-9-18(10-4-14)27-21(16-5-6-16)20(25-26-27)22(28)24-15(2)13-29-19-11-7-17(23)8-12-19/h3-4,7-12,15-16H,5-6,13H2,1-2H3,(H,24,28). The Balaban J connectivity index is 1.45. The first kappa shape index (κ1) is 19.1. The van der Waals surface area contributed by atoms with Gasteiger partial charge in [0.2, 0.25) is 0 Å². The van der Waals surface area contributed by atoms with Gasteiger partial charge in [-0.15, -0.1) is 5.10 Å². The molecular weight excluding hydrogens is 371 g/mol. The summed E-state index contributed by atoms with van der Waals surface area (Å²) in [6.07, 6.45) is 2.06. The Kier molecular flexibility index (Phi) is 5.29. The summed E-state index contributed by atoms with van der Waals surface area (Å²) in [5, 5.41) is 11.3. The number of amides is 1. The van der Waals surface area contributed by atoms with E-state index in [-0.39, 0.29) is 24.4 Å². The van der Waals surface area contributed by atoms with E-state index in [1.807, 2.05) is 38.1 Å². The van der Waals surface area contributed by atoms with Crippen molar-refractivity contribution in [3.05, 3.63) is 71.3 Å². The van der Waals surface area contributed by atoms with Crippen molar-refractivity contribution in [3.8, 4) is 11.4 Å². The molecule has 0 saturated heterocycles. The summed E-state index contributed by atoms with van der Waals surface area (Å²) in [6.45, 7) is 4.14. The van der Waals surface area contributed by atoms with Crippen molar-refractivity contribution in [2.75, 3.05) is 6.61 Å². The lowest BCUT2D eigenvalue weighted by atomic mass is 10.2. The van der Waals surface area contributed by atoms with Crippen molar-refractivity contribution in [1.29, 1.82) is 0 Å². The van der Waals surface area contributed by atoms with Gasteiger partial charge in [-0.25, -0.2) is 9.07 Å². The average molecular weight is 394 g/mol. The van der Waals surface area contributed by atoms with Gasteiger partial charge in [0.25, 0.3) is 5.91 Å². The molecule has 1 heterocycles. The Hall–Kier alpha value is -3.22. The molecule has 1 aromatic heterocycles. The summed E-state index contributed by atoms with van der Waals surface area (Å²) in [7, 11) is 0. The van der Waals surface area contributed by atoms with Crippen LogP contribution in [0, 0.1) is 12.7 Å². The summed E-state index contributed by atoms with van der Waals surface area (Å²) in [6, 6.07) is 13.5. The normalized spacial score (nSPS) is 14.4. The van der Waals surface area contributed by atoms with E-state index in [1.165, 1.54) is 12.1 Å². The lowest BCUT2D eigenvalue weighted by molar-refractivity contribution is 0.0920.